The second kappa shape index (κ2) is 7.07. The first-order chi connectivity index (χ1) is 8.13. The number of unbranched alkanes of at least 4 members (excludes halogenated alkanes) is 3. The van der Waals surface area contributed by atoms with Crippen LogP contribution in [0.15, 0.2) is 0 Å². The largest absolute Gasteiger partial charge is 0.382 e. The van der Waals surface area contributed by atoms with Crippen molar-refractivity contribution < 1.29 is 0 Å². The van der Waals surface area contributed by atoms with E-state index in [4.69, 9.17) is 24.4 Å². The maximum absolute atomic E-state index is 5.29. The predicted octanol–water partition coefficient (Wildman–Crippen LogP) is 4.47. The fourth-order valence-electron chi connectivity index (χ4n) is 1.83. The van der Waals surface area contributed by atoms with Crippen LogP contribution in [0.25, 0.3) is 0 Å². The highest BCUT2D eigenvalue weighted by Gasteiger charge is 2.16. The molecule has 0 aromatic heterocycles. The Hall–Kier alpha value is -0.480. The highest BCUT2D eigenvalue weighted by atomic mass is 32.1. The lowest BCUT2D eigenvalue weighted by Gasteiger charge is -2.24. The standard InChI is InChI=1S/C13H22N2S2/c1-4-6-7-8-9-14-10-11(15(3)5-2)13(17)12(10)16/h14H,4-9H2,1-3H3. The van der Waals surface area contributed by atoms with Crippen molar-refractivity contribution in [1.82, 2.24) is 0 Å². The Morgan fingerprint density at radius 1 is 1.06 bits per heavy atom. The maximum atomic E-state index is 5.29. The first-order valence-corrected chi connectivity index (χ1v) is 7.23. The van der Waals surface area contributed by atoms with Crippen molar-refractivity contribution in [1.29, 1.82) is 0 Å². The lowest BCUT2D eigenvalue weighted by Crippen LogP contribution is -2.21. The third-order valence-corrected chi connectivity index (χ3v) is 4.01. The van der Waals surface area contributed by atoms with Crippen molar-refractivity contribution >= 4 is 35.8 Å². The van der Waals surface area contributed by atoms with E-state index in [1.54, 1.807) is 0 Å². The molecular formula is C13H22N2S2. The van der Waals surface area contributed by atoms with E-state index in [2.05, 4.69) is 31.1 Å². The Morgan fingerprint density at radius 3 is 2.35 bits per heavy atom. The van der Waals surface area contributed by atoms with Crippen LogP contribution >= 0.6 is 24.4 Å². The molecule has 1 rings (SSSR count). The molecule has 0 aliphatic carbocycles. The summed E-state index contributed by atoms with van der Waals surface area (Å²) in [5.74, 6) is 0. The first-order valence-electron chi connectivity index (χ1n) is 6.41. The molecule has 0 bridgehead atoms. The van der Waals surface area contributed by atoms with E-state index in [-0.39, 0.29) is 0 Å². The van der Waals surface area contributed by atoms with Crippen molar-refractivity contribution in [3.63, 3.8) is 0 Å². The van der Waals surface area contributed by atoms with Crippen molar-refractivity contribution in [2.75, 3.05) is 30.4 Å². The third kappa shape index (κ3) is 3.49. The van der Waals surface area contributed by atoms with Gasteiger partial charge in [0.1, 0.15) is 0 Å². The molecule has 1 aromatic rings. The highest BCUT2D eigenvalue weighted by Crippen LogP contribution is 2.34. The second-order valence-corrected chi connectivity index (χ2v) is 5.20. The molecule has 0 aliphatic rings. The fraction of sp³-hybridized carbons (Fsp3) is 0.692. The summed E-state index contributed by atoms with van der Waals surface area (Å²) in [6.07, 6.45) is 5.07. The van der Waals surface area contributed by atoms with Gasteiger partial charge in [0.05, 0.1) is 20.4 Å². The molecule has 0 saturated heterocycles. The van der Waals surface area contributed by atoms with E-state index in [0.717, 1.165) is 33.5 Å². The van der Waals surface area contributed by atoms with Crippen LogP contribution in [0.1, 0.15) is 39.5 Å². The monoisotopic (exact) mass is 270 g/mol. The molecular weight excluding hydrogens is 248 g/mol. The molecule has 0 radical (unpaired) electrons. The zero-order chi connectivity index (χ0) is 12.8. The zero-order valence-electron chi connectivity index (χ0n) is 11.0. The molecule has 0 fully saturated rings. The number of hydrogen-bond donors (Lipinski definition) is 1. The summed E-state index contributed by atoms with van der Waals surface area (Å²) < 4.78 is 1.69. The topological polar surface area (TPSA) is 15.3 Å². The van der Waals surface area contributed by atoms with Crippen LogP contribution < -0.4 is 10.2 Å². The van der Waals surface area contributed by atoms with E-state index in [9.17, 15) is 0 Å². The van der Waals surface area contributed by atoms with Crippen LogP contribution in [-0.4, -0.2) is 20.1 Å². The van der Waals surface area contributed by atoms with Gasteiger partial charge in [-0.2, -0.15) is 0 Å². The van der Waals surface area contributed by atoms with Gasteiger partial charge in [0.25, 0.3) is 0 Å². The third-order valence-electron chi connectivity index (χ3n) is 3.07. The van der Waals surface area contributed by atoms with Crippen LogP contribution in [0.5, 0.6) is 0 Å². The number of nitrogens with zero attached hydrogens (tertiary/aromatic N) is 1. The van der Waals surface area contributed by atoms with E-state index in [0.29, 0.717) is 0 Å². The van der Waals surface area contributed by atoms with Gasteiger partial charge in [-0.1, -0.05) is 50.6 Å². The summed E-state index contributed by atoms with van der Waals surface area (Å²) in [7, 11) is 2.06. The Morgan fingerprint density at radius 2 is 1.76 bits per heavy atom. The lowest BCUT2D eigenvalue weighted by molar-refractivity contribution is 0.684. The second-order valence-electron chi connectivity index (χ2n) is 4.38. The maximum Gasteiger partial charge on any atom is 0.0834 e. The summed E-state index contributed by atoms with van der Waals surface area (Å²) in [6, 6.07) is 0. The molecule has 96 valence electrons. The lowest BCUT2D eigenvalue weighted by atomic mass is 10.1. The minimum atomic E-state index is 0.839. The minimum Gasteiger partial charge on any atom is -0.382 e. The molecule has 0 spiro atoms. The van der Waals surface area contributed by atoms with Gasteiger partial charge < -0.3 is 10.2 Å². The van der Waals surface area contributed by atoms with Gasteiger partial charge in [-0.15, -0.1) is 0 Å². The number of nitrogens with one attached hydrogen (secondary N) is 1. The van der Waals surface area contributed by atoms with E-state index >= 15 is 0 Å². The van der Waals surface area contributed by atoms with Gasteiger partial charge >= 0.3 is 0 Å². The minimum absolute atomic E-state index is 0.839. The van der Waals surface area contributed by atoms with Crippen LogP contribution in [0, 0.1) is 9.02 Å². The molecule has 2 nitrogen and oxygen atoms in total. The normalized spacial score (nSPS) is 10.8. The average Bonchev–Trinajstić information content (AvgIpc) is 2.35. The molecule has 0 heterocycles. The van der Waals surface area contributed by atoms with Gasteiger partial charge in [-0.3, -0.25) is 0 Å². The molecule has 1 aromatic carbocycles. The quantitative estimate of drug-likeness (QED) is 0.553. The summed E-state index contributed by atoms with van der Waals surface area (Å²) in [5, 5.41) is 3.43. The number of hydrogen-bond acceptors (Lipinski definition) is 4. The van der Waals surface area contributed by atoms with E-state index in [1.165, 1.54) is 25.7 Å². The van der Waals surface area contributed by atoms with Crippen molar-refractivity contribution in [2.24, 2.45) is 0 Å². The van der Waals surface area contributed by atoms with Gasteiger partial charge in [-0.25, -0.2) is 0 Å². The zero-order valence-corrected chi connectivity index (χ0v) is 12.6. The van der Waals surface area contributed by atoms with Crippen LogP contribution in [0.2, 0.25) is 0 Å². The molecule has 0 unspecified atom stereocenters. The first kappa shape index (κ1) is 14.6. The molecule has 0 amide bonds. The van der Waals surface area contributed by atoms with Crippen LogP contribution in [0.4, 0.5) is 11.4 Å². The summed E-state index contributed by atoms with van der Waals surface area (Å²) >= 11 is 10.6. The Balaban J connectivity index is 2.51. The smallest absolute Gasteiger partial charge is 0.0834 e. The Bertz CT molecular complexity index is 419. The summed E-state index contributed by atoms with van der Waals surface area (Å²) in [5.41, 5.74) is 2.22. The van der Waals surface area contributed by atoms with E-state index in [1.807, 2.05) is 0 Å². The highest BCUT2D eigenvalue weighted by molar-refractivity contribution is 7.74. The fourth-order valence-corrected chi connectivity index (χ4v) is 2.46. The van der Waals surface area contributed by atoms with Gasteiger partial charge in [0.2, 0.25) is 0 Å². The Kier molecular flexibility index (Phi) is 6.06. The molecule has 1 N–H and O–H groups in total. The van der Waals surface area contributed by atoms with Crippen molar-refractivity contribution in [2.45, 2.75) is 39.5 Å². The van der Waals surface area contributed by atoms with Crippen molar-refractivity contribution in [3.8, 4) is 0 Å². The molecule has 0 aliphatic heterocycles. The van der Waals surface area contributed by atoms with Crippen LogP contribution in [0.3, 0.4) is 0 Å². The van der Waals surface area contributed by atoms with Gasteiger partial charge in [-0.05, 0) is 13.3 Å². The summed E-state index contributed by atoms with van der Waals surface area (Å²) in [4.78, 5) is 2.16. The SMILES string of the molecule is CCCCCCNc1c(N(C)CC)c(=S)c1=S. The molecule has 4 heteroatoms. The molecule has 0 atom stereocenters. The Labute approximate surface area is 115 Å². The number of anilines is 2. The number of rotatable bonds is 8. The summed E-state index contributed by atoms with van der Waals surface area (Å²) in [6.45, 7) is 6.30. The predicted molar refractivity (Wildman–Crippen MR) is 82.1 cm³/mol. The van der Waals surface area contributed by atoms with Crippen molar-refractivity contribution in [3.05, 3.63) is 9.02 Å². The molecule has 0 saturated carbocycles. The van der Waals surface area contributed by atoms with Gasteiger partial charge in [0.15, 0.2) is 0 Å². The van der Waals surface area contributed by atoms with Crippen LogP contribution in [-0.2, 0) is 0 Å². The average molecular weight is 270 g/mol. The van der Waals surface area contributed by atoms with E-state index < -0.39 is 0 Å². The molecule has 17 heavy (non-hydrogen) atoms. The van der Waals surface area contributed by atoms with Gasteiger partial charge in [0, 0.05) is 20.1 Å².